The van der Waals surface area contributed by atoms with Gasteiger partial charge >= 0.3 is 18.4 Å². The van der Waals surface area contributed by atoms with Crippen LogP contribution in [0, 0.1) is 11.3 Å². The average Bonchev–Trinajstić information content (AvgIpc) is 3.41. The minimum absolute atomic E-state index is 0.0151. The molecule has 2 atom stereocenters. The van der Waals surface area contributed by atoms with Gasteiger partial charge in [-0.25, -0.2) is 9.78 Å². The zero-order chi connectivity index (χ0) is 32.4. The number of pyridine rings is 1. The number of aliphatic hydroxyl groups is 1. The van der Waals surface area contributed by atoms with Crippen LogP contribution < -0.4 is 9.80 Å². The molecule has 1 aromatic carbocycles. The van der Waals surface area contributed by atoms with Gasteiger partial charge in [0, 0.05) is 12.6 Å². The van der Waals surface area contributed by atoms with Gasteiger partial charge in [0.15, 0.2) is 0 Å². The van der Waals surface area contributed by atoms with Crippen molar-refractivity contribution >= 4 is 17.7 Å². The number of fused-ring (bicyclic) bond motifs is 1. The van der Waals surface area contributed by atoms with Crippen LogP contribution in [0.2, 0.25) is 0 Å². The minimum Gasteiger partial charge on any atom is -0.446 e. The highest BCUT2D eigenvalue weighted by Crippen LogP contribution is 2.44. The number of amides is 1. The van der Waals surface area contributed by atoms with Crippen molar-refractivity contribution in [3.8, 4) is 6.07 Å². The van der Waals surface area contributed by atoms with Crippen LogP contribution in [0.4, 0.5) is 42.8 Å². The fourth-order valence-electron chi connectivity index (χ4n) is 4.94. The third-order valence-electron chi connectivity index (χ3n) is 6.81. The van der Waals surface area contributed by atoms with Gasteiger partial charge in [-0.15, -0.1) is 5.10 Å². The molecule has 236 valence electrons. The van der Waals surface area contributed by atoms with E-state index in [0.29, 0.717) is 12.5 Å². The fraction of sp³-hybridized carbons (Fsp3) is 0.481. The molecule has 1 N–H and O–H groups in total. The third-order valence-corrected chi connectivity index (χ3v) is 6.81. The zero-order valence-electron chi connectivity index (χ0n) is 23.8. The normalized spacial score (nSPS) is 16.9. The summed E-state index contributed by atoms with van der Waals surface area (Å²) in [6.07, 6.45) is -10.7. The third kappa shape index (κ3) is 7.01. The lowest BCUT2D eigenvalue weighted by Gasteiger charge is -2.43. The number of hydrogen-bond acceptors (Lipinski definition) is 9. The van der Waals surface area contributed by atoms with Gasteiger partial charge in [-0.3, -0.25) is 4.90 Å². The number of aromatic nitrogens is 5. The summed E-state index contributed by atoms with van der Waals surface area (Å²) in [5, 5.41) is 30.7. The molecule has 0 saturated carbocycles. The van der Waals surface area contributed by atoms with Gasteiger partial charge in [0.05, 0.1) is 53.9 Å². The molecule has 17 heteroatoms. The van der Waals surface area contributed by atoms with Crippen molar-refractivity contribution < 1.29 is 41.0 Å². The van der Waals surface area contributed by atoms with Crippen LogP contribution in [0.25, 0.3) is 0 Å². The van der Waals surface area contributed by atoms with E-state index < -0.39 is 54.4 Å². The molecule has 3 heterocycles. The van der Waals surface area contributed by atoms with Gasteiger partial charge < -0.3 is 14.7 Å². The number of aliphatic hydroxyl groups excluding tert-OH is 1. The van der Waals surface area contributed by atoms with Crippen LogP contribution in [0.3, 0.4) is 0 Å². The summed E-state index contributed by atoms with van der Waals surface area (Å²) in [6.45, 7) is 4.12. The Balaban J connectivity index is 1.93. The first-order valence-corrected chi connectivity index (χ1v) is 13.5. The molecule has 0 radical (unpaired) electrons. The molecule has 0 unspecified atom stereocenters. The number of benzene rings is 1. The maximum atomic E-state index is 13.9. The summed E-state index contributed by atoms with van der Waals surface area (Å²) in [5.74, 6) is -0.183. The summed E-state index contributed by atoms with van der Waals surface area (Å²) in [6, 6.07) is 4.51. The second-order valence-corrected chi connectivity index (χ2v) is 10.3. The summed E-state index contributed by atoms with van der Waals surface area (Å²) in [4.78, 5) is 20.6. The largest absolute Gasteiger partial charge is 0.446 e. The van der Waals surface area contributed by atoms with Crippen LogP contribution >= 0.6 is 0 Å². The number of tetrazole rings is 1. The molecule has 0 aliphatic carbocycles. The van der Waals surface area contributed by atoms with Crippen molar-refractivity contribution in [2.75, 3.05) is 16.4 Å². The SMILES string of the molecule is CC[C@@H]1C[C@H](N(Cc2cc(C#N)cc(C(F)(F)F)c2)c2nnn(CCO)n2)c2nc(C(F)(F)F)ccc2N1C(=O)OC(C)C. The van der Waals surface area contributed by atoms with E-state index in [2.05, 4.69) is 20.4 Å². The monoisotopic (exact) mass is 626 g/mol. The maximum Gasteiger partial charge on any atom is 0.433 e. The molecule has 0 saturated heterocycles. The van der Waals surface area contributed by atoms with E-state index >= 15 is 0 Å². The van der Waals surface area contributed by atoms with E-state index in [1.54, 1.807) is 26.8 Å². The second-order valence-electron chi connectivity index (χ2n) is 10.3. The molecule has 1 amide bonds. The van der Waals surface area contributed by atoms with E-state index in [0.717, 1.165) is 23.0 Å². The predicted octanol–water partition coefficient (Wildman–Crippen LogP) is 5.25. The topological polar surface area (TPSA) is 133 Å². The highest BCUT2D eigenvalue weighted by Gasteiger charge is 2.43. The van der Waals surface area contributed by atoms with Crippen LogP contribution in [-0.2, 0) is 30.2 Å². The lowest BCUT2D eigenvalue weighted by molar-refractivity contribution is -0.141. The maximum absolute atomic E-state index is 13.9. The highest BCUT2D eigenvalue weighted by atomic mass is 19.4. The highest BCUT2D eigenvalue weighted by molar-refractivity contribution is 5.90. The first kappa shape index (κ1) is 32.5. The molecule has 0 spiro atoms. The molecule has 1 aliphatic rings. The minimum atomic E-state index is -4.86. The molecule has 1 aliphatic heterocycles. The lowest BCUT2D eigenvalue weighted by atomic mass is 9.91. The number of halogens is 6. The molecule has 11 nitrogen and oxygen atoms in total. The number of rotatable bonds is 8. The van der Waals surface area contributed by atoms with Crippen LogP contribution in [0.1, 0.15) is 67.7 Å². The van der Waals surface area contributed by atoms with Crippen LogP contribution in [0.5, 0.6) is 0 Å². The van der Waals surface area contributed by atoms with E-state index in [9.17, 15) is 41.5 Å². The van der Waals surface area contributed by atoms with E-state index in [-0.39, 0.29) is 48.0 Å². The molecular formula is C27H28F6N8O3. The number of carbonyl (C=O) groups excluding carboxylic acids is 1. The number of alkyl halides is 6. The summed E-state index contributed by atoms with van der Waals surface area (Å²) < 4.78 is 88.1. The van der Waals surface area contributed by atoms with Crippen LogP contribution in [-0.4, -0.2) is 55.1 Å². The molecule has 2 aromatic heterocycles. The number of nitrogens with zero attached hydrogens (tertiary/aromatic N) is 8. The zero-order valence-corrected chi connectivity index (χ0v) is 23.8. The van der Waals surface area contributed by atoms with Crippen molar-refractivity contribution in [1.82, 2.24) is 25.2 Å². The van der Waals surface area contributed by atoms with Gasteiger partial charge in [0.1, 0.15) is 5.69 Å². The van der Waals surface area contributed by atoms with Crippen molar-refractivity contribution in [2.24, 2.45) is 0 Å². The predicted molar refractivity (Wildman–Crippen MR) is 142 cm³/mol. The molecule has 44 heavy (non-hydrogen) atoms. The van der Waals surface area contributed by atoms with E-state index in [1.807, 2.05) is 0 Å². The Morgan fingerprint density at radius 3 is 2.50 bits per heavy atom. The second kappa shape index (κ2) is 12.6. The van der Waals surface area contributed by atoms with Crippen molar-refractivity contribution in [1.29, 1.82) is 5.26 Å². The van der Waals surface area contributed by atoms with Crippen molar-refractivity contribution in [3.63, 3.8) is 0 Å². The Morgan fingerprint density at radius 1 is 1.18 bits per heavy atom. The average molecular weight is 627 g/mol. The van der Waals surface area contributed by atoms with Gasteiger partial charge in [-0.1, -0.05) is 12.0 Å². The number of nitriles is 1. The number of anilines is 2. The fourth-order valence-corrected chi connectivity index (χ4v) is 4.94. The Morgan fingerprint density at radius 2 is 1.91 bits per heavy atom. The van der Waals surface area contributed by atoms with Crippen LogP contribution in [0.15, 0.2) is 30.3 Å². The summed E-state index contributed by atoms with van der Waals surface area (Å²) in [5.41, 5.74) is -2.85. The summed E-state index contributed by atoms with van der Waals surface area (Å²) in [7, 11) is 0. The standard InChI is InChI=1S/C27H28F6N8O3/c1-4-19-12-21(23-20(41(19)25(43)44-15(2)3)5-6-22(35-23)27(31,32)33)39(24-36-38-40(37-24)7-8-42)14-17-9-16(13-34)10-18(11-17)26(28,29)30/h5-6,9-11,15,19,21,42H,4,7-8,12,14H2,1-3H3/t19-,21+/m1/s1. The molecule has 0 fully saturated rings. The number of hydrogen-bond donors (Lipinski definition) is 1. The van der Waals surface area contributed by atoms with Gasteiger partial charge in [-0.2, -0.15) is 36.4 Å². The van der Waals surface area contributed by atoms with Gasteiger partial charge in [0.25, 0.3) is 5.95 Å². The van der Waals surface area contributed by atoms with Gasteiger partial charge in [-0.05, 0) is 67.8 Å². The first-order chi connectivity index (χ1) is 20.7. The smallest absolute Gasteiger partial charge is 0.433 e. The summed E-state index contributed by atoms with van der Waals surface area (Å²) >= 11 is 0. The van der Waals surface area contributed by atoms with Crippen molar-refractivity contribution in [3.05, 3.63) is 58.4 Å². The number of ether oxygens (including phenoxy) is 1. The molecular weight excluding hydrogens is 598 g/mol. The Labute approximate surface area is 247 Å². The molecule has 3 aromatic rings. The van der Waals surface area contributed by atoms with Gasteiger partial charge in [0.2, 0.25) is 0 Å². The van der Waals surface area contributed by atoms with E-state index in [1.165, 1.54) is 15.9 Å². The quantitative estimate of drug-likeness (QED) is 0.333. The Kier molecular flexibility index (Phi) is 9.33. The van der Waals surface area contributed by atoms with E-state index in [4.69, 9.17) is 4.74 Å². The number of carbonyl (C=O) groups is 1. The molecule has 4 rings (SSSR count). The Bertz CT molecular complexity index is 1530. The Hall–Kier alpha value is -4.46. The van der Waals surface area contributed by atoms with Crippen molar-refractivity contribution in [2.45, 2.75) is 77.2 Å². The first-order valence-electron chi connectivity index (χ1n) is 13.5. The lowest BCUT2D eigenvalue weighted by Crippen LogP contribution is -2.49. The molecule has 0 bridgehead atoms.